The summed E-state index contributed by atoms with van der Waals surface area (Å²) < 4.78 is 27.9. The summed E-state index contributed by atoms with van der Waals surface area (Å²) in [7, 11) is -3.78. The van der Waals surface area contributed by atoms with Crippen molar-refractivity contribution in [3.63, 3.8) is 0 Å². The van der Waals surface area contributed by atoms with Crippen LogP contribution in [-0.2, 0) is 10.0 Å². The van der Waals surface area contributed by atoms with E-state index in [0.717, 1.165) is 22.5 Å². The van der Waals surface area contributed by atoms with Gasteiger partial charge >= 0.3 is 0 Å². The monoisotopic (exact) mass is 400 g/mol. The molecule has 2 aromatic carbocycles. The highest BCUT2D eigenvalue weighted by atomic mass is 32.2. The Balaban J connectivity index is 1.94. The molecule has 0 aliphatic rings. The van der Waals surface area contributed by atoms with E-state index < -0.39 is 10.0 Å². The van der Waals surface area contributed by atoms with E-state index in [9.17, 15) is 13.2 Å². The molecule has 3 rings (SSSR count). The van der Waals surface area contributed by atoms with Gasteiger partial charge in [0.1, 0.15) is 0 Å². The second-order valence-electron chi connectivity index (χ2n) is 6.45. The van der Waals surface area contributed by atoms with Crippen molar-refractivity contribution in [3.05, 3.63) is 65.0 Å². The summed E-state index contributed by atoms with van der Waals surface area (Å²) >= 11 is 1.04. The van der Waals surface area contributed by atoms with Crippen molar-refractivity contribution in [3.8, 4) is 11.3 Å². The third kappa shape index (κ3) is 4.26. The highest BCUT2D eigenvalue weighted by Gasteiger charge is 2.21. The highest BCUT2D eigenvalue weighted by Crippen LogP contribution is 2.32. The van der Waals surface area contributed by atoms with Crippen LogP contribution >= 0.6 is 11.3 Å². The topological polar surface area (TPSA) is 76.1 Å². The van der Waals surface area contributed by atoms with Crippen LogP contribution in [0.4, 0.5) is 5.13 Å². The van der Waals surface area contributed by atoms with Gasteiger partial charge in [0.05, 0.1) is 15.5 Å². The first-order valence-electron chi connectivity index (χ1n) is 8.48. The zero-order valence-electron chi connectivity index (χ0n) is 15.3. The van der Waals surface area contributed by atoms with Crippen LogP contribution in [0.5, 0.6) is 0 Å². The SMILES string of the molecule is CC(=O)c1sc(NS(=O)(=O)c2ccc(C(C)C)cc2)nc1-c1ccccc1. The van der Waals surface area contributed by atoms with Crippen molar-refractivity contribution < 1.29 is 13.2 Å². The Labute approximate surface area is 163 Å². The minimum atomic E-state index is -3.78. The Morgan fingerprint density at radius 2 is 1.67 bits per heavy atom. The van der Waals surface area contributed by atoms with Crippen molar-refractivity contribution in [1.82, 2.24) is 4.98 Å². The third-order valence-electron chi connectivity index (χ3n) is 4.07. The van der Waals surface area contributed by atoms with Crippen LogP contribution in [0.2, 0.25) is 0 Å². The van der Waals surface area contributed by atoms with Crippen molar-refractivity contribution in [1.29, 1.82) is 0 Å². The molecule has 0 saturated heterocycles. The smallest absolute Gasteiger partial charge is 0.263 e. The van der Waals surface area contributed by atoms with Crippen LogP contribution < -0.4 is 4.72 Å². The third-order valence-corrected chi connectivity index (χ3v) is 6.63. The number of thiazole rings is 1. The van der Waals surface area contributed by atoms with Gasteiger partial charge in [-0.2, -0.15) is 0 Å². The molecule has 5 nitrogen and oxygen atoms in total. The number of carbonyl (C=O) groups excluding carboxylic acids is 1. The van der Waals surface area contributed by atoms with Crippen LogP contribution in [0.15, 0.2) is 59.5 Å². The minimum Gasteiger partial charge on any atom is -0.294 e. The van der Waals surface area contributed by atoms with Crippen LogP contribution in [0.25, 0.3) is 11.3 Å². The molecular formula is C20H20N2O3S2. The van der Waals surface area contributed by atoms with Crippen LogP contribution in [0.1, 0.15) is 41.9 Å². The van der Waals surface area contributed by atoms with Crippen molar-refractivity contribution >= 4 is 32.3 Å². The molecule has 0 aliphatic heterocycles. The molecule has 140 valence electrons. The molecule has 1 N–H and O–H groups in total. The first-order chi connectivity index (χ1) is 12.8. The Morgan fingerprint density at radius 3 is 2.22 bits per heavy atom. The maximum Gasteiger partial charge on any atom is 0.263 e. The quantitative estimate of drug-likeness (QED) is 0.595. The number of nitrogens with one attached hydrogen (secondary N) is 1. The number of carbonyl (C=O) groups is 1. The molecule has 0 unspecified atom stereocenters. The Bertz CT molecular complexity index is 1050. The van der Waals surface area contributed by atoms with Crippen LogP contribution in [0, 0.1) is 0 Å². The van der Waals surface area contributed by atoms with Gasteiger partial charge in [-0.25, -0.2) is 13.4 Å². The normalized spacial score (nSPS) is 11.6. The van der Waals surface area contributed by atoms with Crippen molar-refractivity contribution in [2.45, 2.75) is 31.6 Å². The molecule has 0 aliphatic carbocycles. The molecule has 0 fully saturated rings. The van der Waals surface area contributed by atoms with E-state index in [1.807, 2.05) is 44.2 Å². The maximum absolute atomic E-state index is 12.7. The molecule has 0 spiro atoms. The summed E-state index contributed by atoms with van der Waals surface area (Å²) in [6.07, 6.45) is 0. The van der Waals surface area contributed by atoms with Gasteiger partial charge in [0, 0.05) is 12.5 Å². The molecule has 1 heterocycles. The first kappa shape index (κ1) is 19.3. The summed E-state index contributed by atoms with van der Waals surface area (Å²) in [4.78, 5) is 16.9. The van der Waals surface area contributed by atoms with Gasteiger partial charge in [-0.1, -0.05) is 67.6 Å². The molecular weight excluding hydrogens is 380 g/mol. The van der Waals surface area contributed by atoms with Gasteiger partial charge in [0.15, 0.2) is 10.9 Å². The van der Waals surface area contributed by atoms with Gasteiger partial charge in [0.2, 0.25) is 0 Å². The summed E-state index contributed by atoms with van der Waals surface area (Å²) in [5.41, 5.74) is 2.32. The fourth-order valence-corrected chi connectivity index (χ4v) is 4.72. The van der Waals surface area contributed by atoms with E-state index in [1.54, 1.807) is 24.3 Å². The summed E-state index contributed by atoms with van der Waals surface area (Å²) in [5, 5.41) is 0.173. The van der Waals surface area contributed by atoms with E-state index in [4.69, 9.17) is 0 Å². The number of hydrogen-bond acceptors (Lipinski definition) is 5. The van der Waals surface area contributed by atoms with Crippen molar-refractivity contribution in [2.75, 3.05) is 4.72 Å². The van der Waals surface area contributed by atoms with Crippen molar-refractivity contribution in [2.24, 2.45) is 0 Å². The van der Waals surface area contributed by atoms with E-state index in [2.05, 4.69) is 9.71 Å². The number of nitrogens with zero attached hydrogens (tertiary/aromatic N) is 1. The lowest BCUT2D eigenvalue weighted by atomic mass is 10.0. The number of benzene rings is 2. The van der Waals surface area contributed by atoms with E-state index >= 15 is 0 Å². The average molecular weight is 401 g/mol. The molecule has 0 amide bonds. The molecule has 27 heavy (non-hydrogen) atoms. The molecule has 3 aromatic rings. The van der Waals surface area contributed by atoms with E-state index in [-0.39, 0.29) is 15.8 Å². The highest BCUT2D eigenvalue weighted by molar-refractivity contribution is 7.93. The van der Waals surface area contributed by atoms with Crippen LogP contribution in [-0.4, -0.2) is 19.2 Å². The van der Waals surface area contributed by atoms with Gasteiger partial charge in [0.25, 0.3) is 10.0 Å². The molecule has 0 saturated carbocycles. The lowest BCUT2D eigenvalue weighted by Crippen LogP contribution is -2.12. The average Bonchev–Trinajstić information content (AvgIpc) is 3.06. The fraction of sp³-hybridized carbons (Fsp3) is 0.200. The standard InChI is InChI=1S/C20H20N2O3S2/c1-13(2)15-9-11-17(12-10-15)27(24,25)22-20-21-18(19(26-20)14(3)23)16-7-5-4-6-8-16/h4-13H,1-3H3,(H,21,22). The zero-order valence-corrected chi connectivity index (χ0v) is 16.9. The number of rotatable bonds is 6. The maximum atomic E-state index is 12.7. The van der Waals surface area contributed by atoms with Gasteiger partial charge in [-0.15, -0.1) is 0 Å². The minimum absolute atomic E-state index is 0.155. The largest absolute Gasteiger partial charge is 0.294 e. The number of sulfonamides is 1. The zero-order chi connectivity index (χ0) is 19.6. The molecule has 1 aromatic heterocycles. The van der Waals surface area contributed by atoms with Gasteiger partial charge in [-0.05, 0) is 23.6 Å². The lowest BCUT2D eigenvalue weighted by Gasteiger charge is -2.08. The summed E-state index contributed by atoms with van der Waals surface area (Å²) in [6.45, 7) is 5.54. The summed E-state index contributed by atoms with van der Waals surface area (Å²) in [6, 6.07) is 16.0. The number of anilines is 1. The Hall–Kier alpha value is -2.51. The van der Waals surface area contributed by atoms with Gasteiger partial charge in [-0.3, -0.25) is 9.52 Å². The predicted octanol–water partition coefficient (Wildman–Crippen LogP) is 4.94. The number of hydrogen-bond donors (Lipinski definition) is 1. The lowest BCUT2D eigenvalue weighted by molar-refractivity contribution is 0.102. The Morgan fingerprint density at radius 1 is 1.04 bits per heavy atom. The Kier molecular flexibility index (Phi) is 5.43. The fourth-order valence-electron chi connectivity index (χ4n) is 2.60. The second kappa shape index (κ2) is 7.62. The van der Waals surface area contributed by atoms with E-state index in [0.29, 0.717) is 16.5 Å². The van der Waals surface area contributed by atoms with Crippen LogP contribution in [0.3, 0.4) is 0 Å². The second-order valence-corrected chi connectivity index (χ2v) is 9.13. The molecule has 0 bridgehead atoms. The van der Waals surface area contributed by atoms with Gasteiger partial charge < -0.3 is 0 Å². The number of Topliss-reactive ketones (excluding diaryl/α,β-unsaturated/α-hetero) is 1. The molecule has 0 radical (unpaired) electrons. The number of ketones is 1. The van der Waals surface area contributed by atoms with E-state index in [1.165, 1.54) is 6.92 Å². The molecule has 0 atom stereocenters. The first-order valence-corrected chi connectivity index (χ1v) is 10.8. The number of aromatic nitrogens is 1. The summed E-state index contributed by atoms with van der Waals surface area (Å²) in [5.74, 6) is 0.165. The predicted molar refractivity (Wildman–Crippen MR) is 109 cm³/mol. The molecule has 7 heteroatoms.